The van der Waals surface area contributed by atoms with Crippen LogP contribution >= 0.6 is 0 Å². The number of phenolic OH excluding ortho intramolecular Hbond substituents is 1. The van der Waals surface area contributed by atoms with E-state index in [4.69, 9.17) is 9.47 Å². The molecular formula is C40H43N5O7. The lowest BCUT2D eigenvalue weighted by Gasteiger charge is -2.32. The molecule has 12 heteroatoms. The van der Waals surface area contributed by atoms with E-state index in [0.29, 0.717) is 30.0 Å². The lowest BCUT2D eigenvalue weighted by Crippen LogP contribution is -2.55. The van der Waals surface area contributed by atoms with Gasteiger partial charge in [-0.25, -0.2) is 9.78 Å². The Kier molecular flexibility index (Phi) is 13.4. The summed E-state index contributed by atoms with van der Waals surface area (Å²) in [6.07, 6.45) is 2.95. The van der Waals surface area contributed by atoms with Crippen LogP contribution in [0.2, 0.25) is 0 Å². The minimum absolute atomic E-state index is 0.0943. The van der Waals surface area contributed by atoms with Crippen molar-refractivity contribution in [2.24, 2.45) is 0 Å². The average molecular weight is 706 g/mol. The number of rotatable bonds is 18. The number of imidazole rings is 1. The summed E-state index contributed by atoms with van der Waals surface area (Å²) in [5.41, 5.74) is 3.95. The van der Waals surface area contributed by atoms with Gasteiger partial charge in [-0.15, -0.1) is 0 Å². The van der Waals surface area contributed by atoms with E-state index in [0.717, 1.165) is 16.7 Å². The molecule has 1 aromatic heterocycles. The first kappa shape index (κ1) is 37.1. The maximum Gasteiger partial charge on any atom is 0.408 e. The Labute approximate surface area is 302 Å². The highest BCUT2D eigenvalue weighted by atomic mass is 16.5. The van der Waals surface area contributed by atoms with Gasteiger partial charge in [-0.1, -0.05) is 91.0 Å². The van der Waals surface area contributed by atoms with Gasteiger partial charge in [0.1, 0.15) is 36.8 Å². The van der Waals surface area contributed by atoms with E-state index in [1.807, 2.05) is 72.8 Å². The zero-order valence-electron chi connectivity index (χ0n) is 28.9. The Morgan fingerprint density at radius 1 is 0.788 bits per heavy atom. The fraction of sp³-hybridized carbons (Fsp3) is 0.250. The Bertz CT molecular complexity index is 1850. The summed E-state index contributed by atoms with van der Waals surface area (Å²) in [5.74, 6) is -0.765. The molecular weight excluding hydrogens is 662 g/mol. The van der Waals surface area contributed by atoms with E-state index in [-0.39, 0.29) is 31.7 Å². The van der Waals surface area contributed by atoms with Crippen molar-refractivity contribution >= 4 is 18.0 Å². The van der Waals surface area contributed by atoms with Crippen LogP contribution < -0.4 is 15.4 Å². The Balaban J connectivity index is 1.29. The molecule has 0 aliphatic carbocycles. The van der Waals surface area contributed by atoms with Crippen LogP contribution in [0, 0.1) is 0 Å². The maximum atomic E-state index is 14.2. The molecule has 0 aliphatic rings. The zero-order chi connectivity index (χ0) is 36.7. The SMILES string of the molecule is CN(C(=O)[C@H](Cc1cnc[nH]1)NC(=O)OCc1ccccc1OCc1ccccc1)[C@H](CN[C@@H](Cc1ccccc1)C(=O)O)Cc1ccc(O)cc1. The summed E-state index contributed by atoms with van der Waals surface area (Å²) in [6, 6.07) is 30.4. The molecule has 5 N–H and O–H groups in total. The van der Waals surface area contributed by atoms with E-state index >= 15 is 0 Å². The van der Waals surface area contributed by atoms with E-state index < -0.39 is 36.1 Å². The lowest BCUT2D eigenvalue weighted by molar-refractivity contribution is -0.139. The molecule has 52 heavy (non-hydrogen) atoms. The topological polar surface area (TPSA) is 166 Å². The number of nitrogens with one attached hydrogen (secondary N) is 3. The molecule has 0 unspecified atom stereocenters. The first-order valence-corrected chi connectivity index (χ1v) is 16.9. The quantitative estimate of drug-likeness (QED) is 0.0854. The number of likely N-dealkylation sites (N-methyl/N-ethyl adjacent to an activating group) is 1. The summed E-state index contributed by atoms with van der Waals surface area (Å²) in [5, 5.41) is 25.7. The highest BCUT2D eigenvalue weighted by Gasteiger charge is 2.31. The summed E-state index contributed by atoms with van der Waals surface area (Å²) in [4.78, 5) is 48.3. The van der Waals surface area contributed by atoms with Crippen LogP contribution in [0.15, 0.2) is 122 Å². The smallest absolute Gasteiger partial charge is 0.408 e. The Morgan fingerprint density at radius 2 is 1.44 bits per heavy atom. The highest BCUT2D eigenvalue weighted by molar-refractivity contribution is 5.86. The predicted octanol–water partition coefficient (Wildman–Crippen LogP) is 4.89. The molecule has 5 rings (SSSR count). The molecule has 1 heterocycles. The van der Waals surface area contributed by atoms with Gasteiger partial charge in [0.05, 0.1) is 6.33 Å². The Hall–Kier alpha value is -6.14. The number of carboxylic acids is 1. The molecule has 0 spiro atoms. The van der Waals surface area contributed by atoms with Crippen molar-refractivity contribution in [2.75, 3.05) is 13.6 Å². The van der Waals surface area contributed by atoms with Crippen LogP contribution in [0.5, 0.6) is 11.5 Å². The van der Waals surface area contributed by atoms with Gasteiger partial charge < -0.3 is 40.2 Å². The highest BCUT2D eigenvalue weighted by Crippen LogP contribution is 2.21. The summed E-state index contributed by atoms with van der Waals surface area (Å²) >= 11 is 0. The molecule has 0 radical (unpaired) electrons. The largest absolute Gasteiger partial charge is 0.508 e. The van der Waals surface area contributed by atoms with E-state index in [1.54, 1.807) is 49.6 Å². The number of aliphatic carboxylic acids is 1. The monoisotopic (exact) mass is 705 g/mol. The zero-order valence-corrected chi connectivity index (χ0v) is 28.9. The molecule has 5 aromatic rings. The van der Waals surface area contributed by atoms with Crippen molar-refractivity contribution in [3.05, 3.63) is 150 Å². The molecule has 2 amide bonds. The fourth-order valence-corrected chi connectivity index (χ4v) is 5.69. The van der Waals surface area contributed by atoms with Crippen LogP contribution in [0.25, 0.3) is 0 Å². The van der Waals surface area contributed by atoms with Gasteiger partial charge in [-0.05, 0) is 47.7 Å². The van der Waals surface area contributed by atoms with Crippen LogP contribution in [0.3, 0.4) is 0 Å². The third-order valence-electron chi connectivity index (χ3n) is 8.62. The van der Waals surface area contributed by atoms with E-state index in [9.17, 15) is 24.6 Å². The summed E-state index contributed by atoms with van der Waals surface area (Å²) in [7, 11) is 1.62. The van der Waals surface area contributed by atoms with Crippen molar-refractivity contribution in [1.82, 2.24) is 25.5 Å². The van der Waals surface area contributed by atoms with Gasteiger partial charge in [0, 0.05) is 43.5 Å². The number of aromatic hydroxyl groups is 1. The molecule has 0 bridgehead atoms. The number of carbonyl (C=O) groups is 3. The van der Waals surface area contributed by atoms with Gasteiger partial charge in [-0.2, -0.15) is 0 Å². The van der Waals surface area contributed by atoms with Crippen molar-refractivity contribution < 1.29 is 34.1 Å². The molecule has 0 aliphatic heterocycles. The number of alkyl carbamates (subject to hydrolysis) is 1. The van der Waals surface area contributed by atoms with Crippen LogP contribution in [0.4, 0.5) is 4.79 Å². The second-order valence-electron chi connectivity index (χ2n) is 12.4. The molecule has 4 aromatic carbocycles. The first-order valence-electron chi connectivity index (χ1n) is 16.9. The second-order valence-corrected chi connectivity index (χ2v) is 12.4. The number of aromatic amines is 1. The van der Waals surface area contributed by atoms with Crippen LogP contribution in [-0.4, -0.2) is 74.8 Å². The van der Waals surface area contributed by atoms with Crippen molar-refractivity contribution in [3.8, 4) is 11.5 Å². The van der Waals surface area contributed by atoms with E-state index in [2.05, 4.69) is 20.6 Å². The number of ether oxygens (including phenoxy) is 2. The summed E-state index contributed by atoms with van der Waals surface area (Å²) in [6.45, 7) is 0.383. The summed E-state index contributed by atoms with van der Waals surface area (Å²) < 4.78 is 11.6. The molecule has 3 atom stereocenters. The first-order chi connectivity index (χ1) is 25.2. The van der Waals surface area contributed by atoms with Gasteiger partial charge in [0.15, 0.2) is 0 Å². The maximum absolute atomic E-state index is 14.2. The van der Waals surface area contributed by atoms with Crippen molar-refractivity contribution in [1.29, 1.82) is 0 Å². The predicted molar refractivity (Wildman–Crippen MR) is 195 cm³/mol. The number of hydrogen-bond donors (Lipinski definition) is 5. The number of phenols is 1. The molecule has 0 fully saturated rings. The Morgan fingerprint density at radius 3 is 2.12 bits per heavy atom. The van der Waals surface area contributed by atoms with Gasteiger partial charge in [-0.3, -0.25) is 9.59 Å². The normalized spacial score (nSPS) is 12.6. The number of amides is 2. The van der Waals surface area contributed by atoms with Gasteiger partial charge in [0.25, 0.3) is 0 Å². The minimum atomic E-state index is -1.05. The average Bonchev–Trinajstić information content (AvgIpc) is 3.68. The fourth-order valence-electron chi connectivity index (χ4n) is 5.69. The van der Waals surface area contributed by atoms with Gasteiger partial charge >= 0.3 is 12.1 Å². The third-order valence-corrected chi connectivity index (χ3v) is 8.62. The van der Waals surface area contributed by atoms with Crippen LogP contribution in [0.1, 0.15) is 27.9 Å². The van der Waals surface area contributed by atoms with Crippen molar-refractivity contribution in [2.45, 2.75) is 50.6 Å². The third kappa shape index (κ3) is 11.2. The van der Waals surface area contributed by atoms with Gasteiger partial charge in [0.2, 0.25) is 5.91 Å². The minimum Gasteiger partial charge on any atom is -0.508 e. The number of benzene rings is 4. The number of carboxylic acid groups (broad SMARTS) is 1. The van der Waals surface area contributed by atoms with E-state index in [1.165, 1.54) is 11.2 Å². The second kappa shape index (κ2) is 18.7. The van der Waals surface area contributed by atoms with Crippen LogP contribution in [-0.2, 0) is 46.8 Å². The molecule has 0 saturated heterocycles. The van der Waals surface area contributed by atoms with Crippen molar-refractivity contribution in [3.63, 3.8) is 0 Å². The number of nitrogens with zero attached hydrogens (tertiary/aromatic N) is 2. The lowest BCUT2D eigenvalue weighted by atomic mass is 10.0. The standard InChI is InChI=1S/C40H43N5O7/c1-45(33(20-29-16-18-34(46)19-17-29)24-42-36(39(48)49)21-28-10-4-2-5-11-28)38(47)35(22-32-23-41-27-43-32)44-40(50)52-26-31-14-8-9-15-37(31)51-25-30-12-6-3-7-13-30/h2-19,23,27,33,35-36,42,46H,20-22,24-26H2,1H3,(H,41,43)(H,44,50)(H,48,49)/t33-,35-,36-/m0/s1. The molecule has 0 saturated carbocycles. The number of hydrogen-bond acceptors (Lipinski definition) is 8. The molecule has 270 valence electrons. The number of H-pyrrole nitrogens is 1. The number of carbonyl (C=O) groups excluding carboxylic acids is 2. The number of aromatic nitrogens is 2. The molecule has 12 nitrogen and oxygen atoms in total. The number of para-hydroxylation sites is 1.